The minimum atomic E-state index is -0.370. The number of halogens is 1. The van der Waals surface area contributed by atoms with Crippen molar-refractivity contribution in [3.05, 3.63) is 63.0 Å². The quantitative estimate of drug-likeness (QED) is 0.848. The van der Waals surface area contributed by atoms with Crippen LogP contribution in [0.5, 0.6) is 0 Å². The molecule has 0 saturated heterocycles. The number of nitrogens with two attached hydrogens (primary N) is 1. The second-order valence-electron chi connectivity index (χ2n) is 4.43. The van der Waals surface area contributed by atoms with Gasteiger partial charge in [0, 0.05) is 42.8 Å². The molecule has 0 fully saturated rings. The number of nitrogens with one attached hydrogen (secondary N) is 1. The van der Waals surface area contributed by atoms with Crippen LogP contribution in [0.4, 0.5) is 5.69 Å². The molecule has 6 heteroatoms. The van der Waals surface area contributed by atoms with Crippen molar-refractivity contribution < 1.29 is 4.79 Å². The fourth-order valence-corrected chi connectivity index (χ4v) is 2.01. The molecule has 1 aromatic heterocycles. The van der Waals surface area contributed by atoms with Crippen LogP contribution in [0.1, 0.15) is 15.9 Å². The molecule has 2 rings (SSSR count). The number of anilines is 1. The van der Waals surface area contributed by atoms with E-state index in [1.165, 1.54) is 23.4 Å². The van der Waals surface area contributed by atoms with Crippen molar-refractivity contribution in [1.29, 1.82) is 0 Å². The van der Waals surface area contributed by atoms with Gasteiger partial charge in [0.2, 0.25) is 0 Å². The van der Waals surface area contributed by atoms with E-state index in [1.54, 1.807) is 25.2 Å². The molecular weight excluding hydrogens is 278 g/mol. The summed E-state index contributed by atoms with van der Waals surface area (Å²) in [6, 6.07) is 6.39. The van der Waals surface area contributed by atoms with Gasteiger partial charge in [-0.1, -0.05) is 11.6 Å². The van der Waals surface area contributed by atoms with Crippen LogP contribution in [0.2, 0.25) is 5.02 Å². The zero-order chi connectivity index (χ0) is 14.7. The van der Waals surface area contributed by atoms with Gasteiger partial charge in [-0.05, 0) is 23.8 Å². The Kier molecular flexibility index (Phi) is 4.10. The Bertz CT molecular complexity index is 697. The number of benzene rings is 1. The number of hydrogen-bond acceptors (Lipinski definition) is 3. The third-order valence-corrected chi connectivity index (χ3v) is 3.25. The number of amides is 1. The standard InChI is InChI=1S/C14H14ClN3O2/c1-18(8-9-6-10(16)2-3-12(9)15)14(20)11-7-17-5-4-13(11)19/h2-7H,8,16H2,1H3,(H,17,19). The largest absolute Gasteiger partial charge is 0.399 e. The molecule has 104 valence electrons. The number of rotatable bonds is 3. The predicted molar refractivity (Wildman–Crippen MR) is 78.7 cm³/mol. The van der Waals surface area contributed by atoms with E-state index in [1.807, 2.05) is 0 Å². The van der Waals surface area contributed by atoms with Gasteiger partial charge >= 0.3 is 0 Å². The van der Waals surface area contributed by atoms with E-state index in [4.69, 9.17) is 17.3 Å². The lowest BCUT2D eigenvalue weighted by Gasteiger charge is -2.18. The molecule has 1 amide bonds. The predicted octanol–water partition coefficient (Wildman–Crippen LogP) is 1.88. The zero-order valence-corrected chi connectivity index (χ0v) is 11.6. The summed E-state index contributed by atoms with van der Waals surface area (Å²) in [4.78, 5) is 28.0. The summed E-state index contributed by atoms with van der Waals surface area (Å²) < 4.78 is 0. The molecule has 20 heavy (non-hydrogen) atoms. The Labute approximate surface area is 121 Å². The summed E-state index contributed by atoms with van der Waals surface area (Å²) >= 11 is 6.06. The zero-order valence-electron chi connectivity index (χ0n) is 10.9. The third-order valence-electron chi connectivity index (χ3n) is 2.88. The first kappa shape index (κ1) is 14.1. The summed E-state index contributed by atoms with van der Waals surface area (Å²) in [6.45, 7) is 0.275. The molecule has 0 aliphatic carbocycles. The van der Waals surface area contributed by atoms with Crippen LogP contribution in [0.15, 0.2) is 41.5 Å². The summed E-state index contributed by atoms with van der Waals surface area (Å²) in [5.41, 5.74) is 6.77. The van der Waals surface area contributed by atoms with Crippen LogP contribution in [-0.4, -0.2) is 22.8 Å². The number of carbonyl (C=O) groups excluding carboxylic acids is 1. The van der Waals surface area contributed by atoms with Crippen LogP contribution in [0.3, 0.4) is 0 Å². The Morgan fingerprint density at radius 2 is 2.15 bits per heavy atom. The van der Waals surface area contributed by atoms with E-state index in [0.717, 1.165) is 5.56 Å². The van der Waals surface area contributed by atoms with Crippen LogP contribution >= 0.6 is 11.6 Å². The Hall–Kier alpha value is -2.27. The van der Waals surface area contributed by atoms with E-state index in [9.17, 15) is 9.59 Å². The van der Waals surface area contributed by atoms with Crippen LogP contribution < -0.4 is 11.2 Å². The van der Waals surface area contributed by atoms with Gasteiger partial charge in [-0.15, -0.1) is 0 Å². The van der Waals surface area contributed by atoms with Crippen molar-refractivity contribution in [3.8, 4) is 0 Å². The number of aromatic nitrogens is 1. The Balaban J connectivity index is 2.22. The molecule has 0 spiro atoms. The minimum Gasteiger partial charge on any atom is -0.399 e. The normalized spacial score (nSPS) is 10.3. The molecular formula is C14H14ClN3O2. The first-order valence-corrected chi connectivity index (χ1v) is 6.33. The van der Waals surface area contributed by atoms with Crippen molar-refractivity contribution >= 4 is 23.2 Å². The number of H-pyrrole nitrogens is 1. The summed E-state index contributed by atoms with van der Waals surface area (Å²) in [6.07, 6.45) is 2.87. The number of pyridine rings is 1. The first-order chi connectivity index (χ1) is 9.49. The lowest BCUT2D eigenvalue weighted by Crippen LogP contribution is -2.30. The maximum atomic E-state index is 12.2. The number of carbonyl (C=O) groups is 1. The molecule has 0 radical (unpaired) electrons. The van der Waals surface area contributed by atoms with Crippen LogP contribution in [0, 0.1) is 0 Å². The summed E-state index contributed by atoms with van der Waals surface area (Å²) in [7, 11) is 1.61. The molecule has 0 atom stereocenters. The van der Waals surface area contributed by atoms with Gasteiger partial charge in [0.05, 0.1) is 0 Å². The van der Waals surface area contributed by atoms with Gasteiger partial charge in [-0.25, -0.2) is 0 Å². The van der Waals surface area contributed by atoms with E-state index >= 15 is 0 Å². The highest BCUT2D eigenvalue weighted by molar-refractivity contribution is 6.31. The van der Waals surface area contributed by atoms with E-state index < -0.39 is 0 Å². The van der Waals surface area contributed by atoms with E-state index in [0.29, 0.717) is 10.7 Å². The van der Waals surface area contributed by atoms with Gasteiger partial charge in [0.25, 0.3) is 5.91 Å². The molecule has 2 aromatic rings. The molecule has 0 saturated carbocycles. The Morgan fingerprint density at radius 3 is 2.85 bits per heavy atom. The average molecular weight is 292 g/mol. The maximum absolute atomic E-state index is 12.2. The van der Waals surface area contributed by atoms with Gasteiger partial charge in [0.15, 0.2) is 5.43 Å². The number of nitrogens with zero attached hydrogens (tertiary/aromatic N) is 1. The van der Waals surface area contributed by atoms with Gasteiger partial charge in [0.1, 0.15) is 5.56 Å². The third kappa shape index (κ3) is 3.00. The second kappa shape index (κ2) is 5.79. The molecule has 0 bridgehead atoms. The summed E-state index contributed by atoms with van der Waals surface area (Å²) in [5, 5.41) is 0.529. The molecule has 1 aromatic carbocycles. The van der Waals surface area contributed by atoms with Gasteiger partial charge in [-0.2, -0.15) is 0 Å². The van der Waals surface area contributed by atoms with Gasteiger partial charge < -0.3 is 15.6 Å². The Morgan fingerprint density at radius 1 is 1.40 bits per heavy atom. The van der Waals surface area contributed by atoms with Crippen molar-refractivity contribution in [1.82, 2.24) is 9.88 Å². The SMILES string of the molecule is CN(Cc1cc(N)ccc1Cl)C(=O)c1c[nH]ccc1=O. The number of hydrogen-bond donors (Lipinski definition) is 2. The van der Waals surface area contributed by atoms with Crippen LogP contribution in [-0.2, 0) is 6.54 Å². The first-order valence-electron chi connectivity index (χ1n) is 5.95. The fraction of sp³-hybridized carbons (Fsp3) is 0.143. The smallest absolute Gasteiger partial charge is 0.259 e. The van der Waals surface area contributed by atoms with E-state index in [-0.39, 0.29) is 23.4 Å². The van der Waals surface area contributed by atoms with Crippen molar-refractivity contribution in [2.24, 2.45) is 0 Å². The molecule has 0 aliphatic rings. The van der Waals surface area contributed by atoms with Crippen LogP contribution in [0.25, 0.3) is 0 Å². The van der Waals surface area contributed by atoms with Gasteiger partial charge in [-0.3, -0.25) is 9.59 Å². The fourth-order valence-electron chi connectivity index (χ4n) is 1.83. The highest BCUT2D eigenvalue weighted by Crippen LogP contribution is 2.20. The summed E-state index contributed by atoms with van der Waals surface area (Å²) in [5.74, 6) is -0.370. The monoisotopic (exact) mass is 291 g/mol. The average Bonchev–Trinajstić information content (AvgIpc) is 2.42. The van der Waals surface area contributed by atoms with Crippen molar-refractivity contribution in [2.45, 2.75) is 6.54 Å². The topological polar surface area (TPSA) is 79.2 Å². The van der Waals surface area contributed by atoms with Crippen molar-refractivity contribution in [2.75, 3.05) is 12.8 Å². The highest BCUT2D eigenvalue weighted by atomic mass is 35.5. The molecule has 5 nitrogen and oxygen atoms in total. The molecule has 3 N–H and O–H groups in total. The minimum absolute atomic E-state index is 0.0926. The van der Waals surface area contributed by atoms with Crippen molar-refractivity contribution in [3.63, 3.8) is 0 Å². The number of nitrogen functional groups attached to an aromatic ring is 1. The lowest BCUT2D eigenvalue weighted by atomic mass is 10.1. The van der Waals surface area contributed by atoms with E-state index in [2.05, 4.69) is 4.98 Å². The second-order valence-corrected chi connectivity index (χ2v) is 4.84. The molecule has 0 unspecified atom stereocenters. The maximum Gasteiger partial charge on any atom is 0.259 e. The molecule has 0 aliphatic heterocycles. The lowest BCUT2D eigenvalue weighted by molar-refractivity contribution is 0.0783. The number of aromatic amines is 1. The molecule has 1 heterocycles. The highest BCUT2D eigenvalue weighted by Gasteiger charge is 2.16.